The third kappa shape index (κ3) is 3.62. The van der Waals surface area contributed by atoms with E-state index in [0.29, 0.717) is 29.3 Å². The van der Waals surface area contributed by atoms with Crippen molar-refractivity contribution in [2.75, 3.05) is 32.3 Å². The van der Waals surface area contributed by atoms with E-state index in [-0.39, 0.29) is 25.2 Å². The lowest BCUT2D eigenvalue weighted by Gasteiger charge is -2.35. The van der Waals surface area contributed by atoms with E-state index in [2.05, 4.69) is 0 Å². The third-order valence-electron chi connectivity index (χ3n) is 5.96. The highest BCUT2D eigenvalue weighted by molar-refractivity contribution is 6.14. The van der Waals surface area contributed by atoms with Gasteiger partial charge in [0.05, 0.1) is 27.0 Å². The number of anilines is 1. The van der Waals surface area contributed by atoms with Crippen LogP contribution in [0.4, 0.5) is 10.5 Å². The zero-order chi connectivity index (χ0) is 22.3. The van der Waals surface area contributed by atoms with Crippen molar-refractivity contribution in [1.29, 1.82) is 0 Å². The quantitative estimate of drug-likeness (QED) is 0.742. The van der Waals surface area contributed by atoms with Crippen LogP contribution in [0.25, 0.3) is 0 Å². The average Bonchev–Trinajstić information content (AvgIpc) is 2.97. The number of carbonyl (C=O) groups is 2. The molecule has 2 aliphatic heterocycles. The van der Waals surface area contributed by atoms with Gasteiger partial charge in [-0.2, -0.15) is 0 Å². The van der Waals surface area contributed by atoms with E-state index in [1.165, 1.54) is 9.80 Å². The maximum absolute atomic E-state index is 13.1. The predicted molar refractivity (Wildman–Crippen MR) is 115 cm³/mol. The molecule has 8 heteroatoms. The highest BCUT2D eigenvalue weighted by Crippen LogP contribution is 2.39. The molecule has 1 saturated heterocycles. The Kier molecular flexibility index (Phi) is 5.60. The highest BCUT2D eigenvalue weighted by atomic mass is 16.5. The molecule has 0 spiro atoms. The molecule has 2 atom stereocenters. The summed E-state index contributed by atoms with van der Waals surface area (Å²) in [5.74, 6) is 0.965. The van der Waals surface area contributed by atoms with E-state index in [4.69, 9.17) is 9.47 Å². The van der Waals surface area contributed by atoms with Gasteiger partial charge in [0.1, 0.15) is 17.5 Å². The van der Waals surface area contributed by atoms with Crippen molar-refractivity contribution in [1.82, 2.24) is 9.80 Å². The number of hydrogen-bond donors (Lipinski definition) is 1. The van der Waals surface area contributed by atoms with Crippen LogP contribution in [0.5, 0.6) is 11.5 Å². The smallest absolute Gasteiger partial charge is 0.333 e. The van der Waals surface area contributed by atoms with E-state index in [1.54, 1.807) is 33.3 Å². The first-order valence-electron chi connectivity index (χ1n) is 10.2. The van der Waals surface area contributed by atoms with E-state index in [9.17, 15) is 14.7 Å². The molecule has 0 bridgehead atoms. The molecule has 4 rings (SSSR count). The number of nitrogens with zero attached hydrogens (tertiary/aromatic N) is 3. The van der Waals surface area contributed by atoms with Gasteiger partial charge in [-0.05, 0) is 38.1 Å². The first-order chi connectivity index (χ1) is 14.8. The number of hydrogen-bond acceptors (Lipinski definition) is 6. The number of imide groups is 1. The number of urea groups is 1. The zero-order valence-corrected chi connectivity index (χ0v) is 18.2. The second-order valence-corrected chi connectivity index (χ2v) is 7.96. The van der Waals surface area contributed by atoms with Gasteiger partial charge in [-0.1, -0.05) is 17.7 Å². The van der Waals surface area contributed by atoms with Crippen LogP contribution in [0.2, 0.25) is 0 Å². The number of ether oxygens (including phenoxy) is 2. The molecular formula is C23H27N3O5. The Hall–Kier alpha value is -3.10. The zero-order valence-electron chi connectivity index (χ0n) is 18.2. The highest BCUT2D eigenvalue weighted by Gasteiger charge is 2.44. The normalized spacial score (nSPS) is 21.5. The summed E-state index contributed by atoms with van der Waals surface area (Å²) >= 11 is 0. The molecule has 0 aromatic heterocycles. The summed E-state index contributed by atoms with van der Waals surface area (Å²) < 4.78 is 10.9. The Bertz CT molecular complexity index is 1010. The SMILES string of the molecule is COc1ccc(OC)c2c1CN(CN1C(=O)[C@H](C)N(c3ccc(C)cc3)C1=O)C[C@@H]2O. The van der Waals surface area contributed by atoms with Gasteiger partial charge in [0.15, 0.2) is 0 Å². The maximum Gasteiger partial charge on any atom is 0.333 e. The largest absolute Gasteiger partial charge is 0.496 e. The minimum atomic E-state index is -0.827. The summed E-state index contributed by atoms with van der Waals surface area (Å²) in [6.07, 6.45) is -0.827. The minimum absolute atomic E-state index is 0.0846. The van der Waals surface area contributed by atoms with Crippen LogP contribution in [0.1, 0.15) is 29.7 Å². The van der Waals surface area contributed by atoms with E-state index in [0.717, 1.165) is 11.1 Å². The Labute approximate surface area is 181 Å². The summed E-state index contributed by atoms with van der Waals surface area (Å²) in [5.41, 5.74) is 3.25. The standard InChI is InChI=1S/C23H27N3O5/c1-14-5-7-16(8-6-14)26-15(2)22(28)25(23(26)29)13-24-11-17-19(30-3)9-10-20(31-4)21(17)18(27)12-24/h5-10,15,18,27H,11-13H2,1-4H3/t15-,18-/m0/s1. The van der Waals surface area contributed by atoms with Crippen LogP contribution in [0, 0.1) is 6.92 Å². The second-order valence-electron chi connectivity index (χ2n) is 7.96. The molecule has 1 N–H and O–H groups in total. The predicted octanol–water partition coefficient (Wildman–Crippen LogP) is 2.68. The third-order valence-corrected chi connectivity index (χ3v) is 5.96. The molecule has 2 aliphatic rings. The van der Waals surface area contributed by atoms with Crippen LogP contribution in [-0.2, 0) is 11.3 Å². The lowest BCUT2D eigenvalue weighted by Crippen LogP contribution is -2.45. The molecule has 8 nitrogen and oxygen atoms in total. The molecular weight excluding hydrogens is 398 g/mol. The van der Waals surface area contributed by atoms with Gasteiger partial charge in [-0.25, -0.2) is 9.69 Å². The number of amides is 3. The van der Waals surface area contributed by atoms with Gasteiger partial charge < -0.3 is 14.6 Å². The van der Waals surface area contributed by atoms with E-state index < -0.39 is 12.1 Å². The van der Waals surface area contributed by atoms with Crippen molar-refractivity contribution in [3.05, 3.63) is 53.1 Å². The molecule has 0 unspecified atom stereocenters. The fourth-order valence-corrected chi connectivity index (χ4v) is 4.35. The summed E-state index contributed by atoms with van der Waals surface area (Å²) in [6, 6.07) is 10.1. The van der Waals surface area contributed by atoms with Crippen molar-refractivity contribution in [3.63, 3.8) is 0 Å². The number of aliphatic hydroxyl groups excluding tert-OH is 1. The van der Waals surface area contributed by atoms with Crippen molar-refractivity contribution in [2.45, 2.75) is 32.5 Å². The van der Waals surface area contributed by atoms with Crippen LogP contribution in [0.3, 0.4) is 0 Å². The van der Waals surface area contributed by atoms with Gasteiger partial charge >= 0.3 is 6.03 Å². The lowest BCUT2D eigenvalue weighted by molar-refractivity contribution is -0.128. The summed E-state index contributed by atoms with van der Waals surface area (Å²) in [5, 5.41) is 10.8. The number of rotatable bonds is 5. The molecule has 2 heterocycles. The number of aliphatic hydroxyl groups is 1. The van der Waals surface area contributed by atoms with Crippen molar-refractivity contribution in [3.8, 4) is 11.5 Å². The van der Waals surface area contributed by atoms with Gasteiger partial charge in [0.2, 0.25) is 0 Å². The fraction of sp³-hybridized carbons (Fsp3) is 0.391. The second kappa shape index (κ2) is 8.20. The topological polar surface area (TPSA) is 82.6 Å². The molecule has 164 valence electrons. The van der Waals surface area contributed by atoms with Crippen LogP contribution in [0.15, 0.2) is 36.4 Å². The van der Waals surface area contributed by atoms with Gasteiger partial charge in [0.25, 0.3) is 5.91 Å². The summed E-state index contributed by atoms with van der Waals surface area (Å²) in [7, 11) is 3.13. The minimum Gasteiger partial charge on any atom is -0.496 e. The van der Waals surface area contributed by atoms with Crippen LogP contribution in [-0.4, -0.2) is 60.3 Å². The van der Waals surface area contributed by atoms with Crippen LogP contribution < -0.4 is 14.4 Å². The van der Waals surface area contributed by atoms with Gasteiger partial charge in [-0.3, -0.25) is 14.6 Å². The Morgan fingerprint density at radius 1 is 1.03 bits per heavy atom. The summed E-state index contributed by atoms with van der Waals surface area (Å²) in [4.78, 5) is 30.7. The Morgan fingerprint density at radius 2 is 1.68 bits per heavy atom. The maximum atomic E-state index is 13.1. The number of methoxy groups -OCH3 is 2. The number of benzene rings is 2. The molecule has 2 aromatic rings. The van der Waals surface area contributed by atoms with E-state index in [1.807, 2.05) is 36.1 Å². The molecule has 0 saturated carbocycles. The molecule has 0 radical (unpaired) electrons. The Morgan fingerprint density at radius 3 is 2.32 bits per heavy atom. The number of carbonyl (C=O) groups excluding carboxylic acids is 2. The number of fused-ring (bicyclic) bond motifs is 1. The van der Waals surface area contributed by atoms with Gasteiger partial charge in [-0.15, -0.1) is 0 Å². The van der Waals surface area contributed by atoms with E-state index >= 15 is 0 Å². The number of aryl methyl sites for hydroxylation is 1. The molecule has 3 amide bonds. The number of β-amino-alcohol motifs (C(OH)–C–C–N with tert-alkyl or cyclic N) is 1. The molecule has 31 heavy (non-hydrogen) atoms. The van der Waals surface area contributed by atoms with Crippen molar-refractivity contribution >= 4 is 17.6 Å². The van der Waals surface area contributed by atoms with Gasteiger partial charge in [0, 0.05) is 29.9 Å². The van der Waals surface area contributed by atoms with Crippen LogP contribution >= 0.6 is 0 Å². The fourth-order valence-electron chi connectivity index (χ4n) is 4.35. The van der Waals surface area contributed by atoms with Crippen molar-refractivity contribution in [2.24, 2.45) is 0 Å². The monoisotopic (exact) mass is 425 g/mol. The lowest BCUT2D eigenvalue weighted by atomic mass is 9.95. The Balaban J connectivity index is 1.58. The molecule has 0 aliphatic carbocycles. The first-order valence-corrected chi connectivity index (χ1v) is 10.2. The van der Waals surface area contributed by atoms with Crippen molar-refractivity contribution < 1.29 is 24.2 Å². The molecule has 2 aromatic carbocycles. The first kappa shape index (κ1) is 21.1. The summed E-state index contributed by atoms with van der Waals surface area (Å²) in [6.45, 7) is 4.48. The average molecular weight is 425 g/mol. The molecule has 1 fully saturated rings.